The number of carbonyl (C=O) groups is 1. The van der Waals surface area contributed by atoms with Gasteiger partial charge in [-0.15, -0.1) is 11.3 Å². The van der Waals surface area contributed by atoms with E-state index in [0.29, 0.717) is 26.3 Å². The van der Waals surface area contributed by atoms with E-state index in [2.05, 4.69) is 22.3 Å². The fourth-order valence-electron chi connectivity index (χ4n) is 4.21. The maximum absolute atomic E-state index is 12.9. The Hall–Kier alpha value is -2.35. The van der Waals surface area contributed by atoms with Gasteiger partial charge in [0.25, 0.3) is 5.91 Å². The number of ether oxygens (including phenoxy) is 1. The van der Waals surface area contributed by atoms with Crippen LogP contribution in [-0.2, 0) is 24.0 Å². The van der Waals surface area contributed by atoms with Crippen molar-refractivity contribution in [3.63, 3.8) is 0 Å². The largest absolute Gasteiger partial charge is 0.379 e. The van der Waals surface area contributed by atoms with Crippen molar-refractivity contribution < 1.29 is 9.53 Å². The summed E-state index contributed by atoms with van der Waals surface area (Å²) in [5, 5.41) is 3.01. The third-order valence-corrected chi connectivity index (χ3v) is 7.18. The second kappa shape index (κ2) is 8.79. The van der Waals surface area contributed by atoms with Crippen LogP contribution in [0.25, 0.3) is 10.2 Å². The summed E-state index contributed by atoms with van der Waals surface area (Å²) < 4.78 is 6.53. The SMILES string of the molecule is O=C(NCN1CCOCC1)c1nc(Cc2ccccc2)c2sc3c(c2n1)CCCC3. The zero-order chi connectivity index (χ0) is 20.3. The number of hydrogen-bond acceptors (Lipinski definition) is 6. The Morgan fingerprint density at radius 1 is 1.10 bits per heavy atom. The van der Waals surface area contributed by atoms with Crippen molar-refractivity contribution in [3.05, 3.63) is 57.9 Å². The average molecular weight is 423 g/mol. The van der Waals surface area contributed by atoms with Gasteiger partial charge in [-0.25, -0.2) is 9.97 Å². The van der Waals surface area contributed by atoms with Crippen molar-refractivity contribution in [2.24, 2.45) is 0 Å². The molecule has 30 heavy (non-hydrogen) atoms. The van der Waals surface area contributed by atoms with E-state index in [4.69, 9.17) is 14.7 Å². The van der Waals surface area contributed by atoms with Crippen LogP contribution in [0.2, 0.25) is 0 Å². The van der Waals surface area contributed by atoms with E-state index < -0.39 is 0 Å². The summed E-state index contributed by atoms with van der Waals surface area (Å²) in [7, 11) is 0. The number of aryl methyl sites for hydroxylation is 2. The molecule has 156 valence electrons. The Kier molecular flexibility index (Phi) is 5.75. The van der Waals surface area contributed by atoms with Crippen LogP contribution in [0.1, 0.15) is 45.2 Å². The molecular formula is C23H26N4O2S. The van der Waals surface area contributed by atoms with Gasteiger partial charge in [0.15, 0.2) is 0 Å². The fraction of sp³-hybridized carbons (Fsp3) is 0.435. The highest BCUT2D eigenvalue weighted by molar-refractivity contribution is 7.19. The first-order valence-electron chi connectivity index (χ1n) is 10.7. The standard InChI is InChI=1S/C23H26N4O2S/c28-23(24-15-27-10-12-29-13-11-27)22-25-18(14-16-6-2-1-3-7-16)21-20(26-22)17-8-4-5-9-19(17)30-21/h1-3,6-7H,4-5,8-15H2,(H,24,28). The molecule has 2 aromatic heterocycles. The van der Waals surface area contributed by atoms with Crippen LogP contribution >= 0.6 is 11.3 Å². The van der Waals surface area contributed by atoms with Crippen LogP contribution < -0.4 is 5.32 Å². The van der Waals surface area contributed by atoms with E-state index in [0.717, 1.165) is 41.8 Å². The number of nitrogens with one attached hydrogen (secondary N) is 1. The molecule has 1 fully saturated rings. The van der Waals surface area contributed by atoms with Gasteiger partial charge in [-0.2, -0.15) is 0 Å². The molecule has 0 spiro atoms. The highest BCUT2D eigenvalue weighted by Crippen LogP contribution is 2.37. The summed E-state index contributed by atoms with van der Waals surface area (Å²) in [6, 6.07) is 10.3. The summed E-state index contributed by atoms with van der Waals surface area (Å²) in [5.41, 5.74) is 4.48. The van der Waals surface area contributed by atoms with Gasteiger partial charge in [-0.1, -0.05) is 30.3 Å². The molecule has 0 radical (unpaired) electrons. The highest BCUT2D eigenvalue weighted by atomic mass is 32.1. The van der Waals surface area contributed by atoms with Crippen molar-refractivity contribution in [3.8, 4) is 0 Å². The summed E-state index contributed by atoms with van der Waals surface area (Å²) in [6.45, 7) is 3.58. The van der Waals surface area contributed by atoms with E-state index in [9.17, 15) is 4.79 Å². The Labute approximate surface area is 180 Å². The van der Waals surface area contributed by atoms with Crippen LogP contribution in [0.5, 0.6) is 0 Å². The Bertz CT molecular complexity index is 1040. The minimum atomic E-state index is -0.200. The molecule has 3 heterocycles. The van der Waals surface area contributed by atoms with E-state index >= 15 is 0 Å². The second-order valence-corrected chi connectivity index (χ2v) is 9.04. The third-order valence-electron chi connectivity index (χ3n) is 5.85. The molecular weight excluding hydrogens is 396 g/mol. The topological polar surface area (TPSA) is 67.4 Å². The van der Waals surface area contributed by atoms with Crippen LogP contribution in [-0.4, -0.2) is 53.7 Å². The molecule has 0 bridgehead atoms. The summed E-state index contributed by atoms with van der Waals surface area (Å²) in [5.74, 6) is 0.0846. The number of rotatable bonds is 5. The number of amides is 1. The molecule has 5 rings (SSSR count). The van der Waals surface area contributed by atoms with E-state index in [1.807, 2.05) is 29.5 Å². The van der Waals surface area contributed by atoms with E-state index in [1.54, 1.807) is 0 Å². The van der Waals surface area contributed by atoms with Crippen LogP contribution in [0, 0.1) is 0 Å². The highest BCUT2D eigenvalue weighted by Gasteiger charge is 2.23. The maximum atomic E-state index is 12.9. The third kappa shape index (κ3) is 4.10. The molecule has 0 atom stereocenters. The van der Waals surface area contributed by atoms with Gasteiger partial charge in [0.2, 0.25) is 5.82 Å². The van der Waals surface area contributed by atoms with Gasteiger partial charge < -0.3 is 10.1 Å². The van der Waals surface area contributed by atoms with Crippen LogP contribution in [0.3, 0.4) is 0 Å². The number of nitrogens with zero attached hydrogens (tertiary/aromatic N) is 3. The molecule has 0 unspecified atom stereocenters. The minimum Gasteiger partial charge on any atom is -0.379 e. The zero-order valence-electron chi connectivity index (χ0n) is 17.0. The first-order valence-corrected chi connectivity index (χ1v) is 11.5. The smallest absolute Gasteiger partial charge is 0.290 e. The number of morpholine rings is 1. The average Bonchev–Trinajstić information content (AvgIpc) is 3.18. The molecule has 0 saturated carbocycles. The number of carbonyl (C=O) groups excluding carboxylic acids is 1. The lowest BCUT2D eigenvalue weighted by atomic mass is 9.98. The lowest BCUT2D eigenvalue weighted by Gasteiger charge is -2.26. The van der Waals surface area contributed by atoms with Gasteiger partial charge in [0, 0.05) is 24.4 Å². The van der Waals surface area contributed by atoms with Gasteiger partial charge in [-0.3, -0.25) is 9.69 Å². The molecule has 1 N–H and O–H groups in total. The van der Waals surface area contributed by atoms with E-state index in [-0.39, 0.29) is 11.7 Å². The van der Waals surface area contributed by atoms with Crippen molar-refractivity contribution in [1.82, 2.24) is 20.2 Å². The van der Waals surface area contributed by atoms with E-state index in [1.165, 1.54) is 28.8 Å². The Morgan fingerprint density at radius 3 is 2.73 bits per heavy atom. The van der Waals surface area contributed by atoms with Crippen molar-refractivity contribution in [1.29, 1.82) is 0 Å². The quantitative estimate of drug-likeness (QED) is 0.684. The maximum Gasteiger partial charge on any atom is 0.290 e. The molecule has 3 aromatic rings. The molecule has 6 nitrogen and oxygen atoms in total. The Balaban J connectivity index is 1.47. The summed E-state index contributed by atoms with van der Waals surface area (Å²) >= 11 is 1.82. The van der Waals surface area contributed by atoms with Gasteiger partial charge in [0.05, 0.1) is 35.8 Å². The lowest BCUT2D eigenvalue weighted by molar-refractivity contribution is 0.0333. The van der Waals surface area contributed by atoms with Gasteiger partial charge in [-0.05, 0) is 36.8 Å². The minimum absolute atomic E-state index is 0.200. The first-order chi connectivity index (χ1) is 14.8. The van der Waals surface area contributed by atoms with Gasteiger partial charge >= 0.3 is 0 Å². The van der Waals surface area contributed by atoms with Crippen LogP contribution in [0.4, 0.5) is 0 Å². The molecule has 2 aliphatic rings. The lowest BCUT2D eigenvalue weighted by Crippen LogP contribution is -2.44. The number of thiophene rings is 1. The molecule has 1 saturated heterocycles. The zero-order valence-corrected chi connectivity index (χ0v) is 17.8. The van der Waals surface area contributed by atoms with Crippen molar-refractivity contribution >= 4 is 27.5 Å². The monoisotopic (exact) mass is 422 g/mol. The molecule has 1 aliphatic carbocycles. The second-order valence-electron chi connectivity index (χ2n) is 7.94. The van der Waals surface area contributed by atoms with Crippen LogP contribution in [0.15, 0.2) is 30.3 Å². The predicted molar refractivity (Wildman–Crippen MR) is 118 cm³/mol. The van der Waals surface area contributed by atoms with Gasteiger partial charge in [0.1, 0.15) is 0 Å². The molecule has 1 aliphatic heterocycles. The summed E-state index contributed by atoms with van der Waals surface area (Å²) in [6.07, 6.45) is 5.29. The molecule has 7 heteroatoms. The normalized spacial score (nSPS) is 17.1. The fourth-order valence-corrected chi connectivity index (χ4v) is 5.52. The number of fused-ring (bicyclic) bond motifs is 3. The first kappa shape index (κ1) is 19.6. The number of benzene rings is 1. The number of hydrogen-bond donors (Lipinski definition) is 1. The van der Waals surface area contributed by atoms with Crippen molar-refractivity contribution in [2.45, 2.75) is 32.1 Å². The molecule has 1 aromatic carbocycles. The van der Waals surface area contributed by atoms with Crippen molar-refractivity contribution in [2.75, 3.05) is 33.0 Å². The molecule has 1 amide bonds. The number of aromatic nitrogens is 2. The summed E-state index contributed by atoms with van der Waals surface area (Å²) in [4.78, 5) is 26.0. The predicted octanol–water partition coefficient (Wildman–Crippen LogP) is 3.18. The Morgan fingerprint density at radius 2 is 1.90 bits per heavy atom.